The standard InChI is InChI=1S/C60H42N4/c1-60(2)52-23-9-10-25-55(52)64-54-35-34-49(38-51(54)50-22-13-24-53(60)56(50)64)41-28-26-39(27-29-41)45-18-11-20-47(36-45)48-21-12-19-46(37-48)40-30-32-44(33-31-40)59-62-57(42-14-5-3-6-15-42)61-58(63-59)43-16-7-4-8-17-43/h3-38H,1-2H3. The molecule has 1 aliphatic heterocycles. The van der Waals surface area contributed by atoms with Crippen molar-refractivity contribution in [2.75, 3.05) is 0 Å². The lowest BCUT2D eigenvalue weighted by Gasteiger charge is -2.34. The lowest BCUT2D eigenvalue weighted by molar-refractivity contribution is 0.630. The molecule has 0 atom stereocenters. The third kappa shape index (κ3) is 6.34. The van der Waals surface area contributed by atoms with Crippen LogP contribution in [0.3, 0.4) is 0 Å². The van der Waals surface area contributed by atoms with Crippen molar-refractivity contribution in [1.29, 1.82) is 0 Å². The molecule has 0 N–H and O–H groups in total. The first-order valence-corrected chi connectivity index (χ1v) is 21.9. The number of para-hydroxylation sites is 2. The summed E-state index contributed by atoms with van der Waals surface area (Å²) >= 11 is 0. The Kier molecular flexibility index (Phi) is 8.80. The molecule has 11 aromatic rings. The molecule has 0 radical (unpaired) electrons. The molecule has 0 aliphatic carbocycles. The van der Waals surface area contributed by atoms with Crippen LogP contribution in [0.2, 0.25) is 0 Å². The maximum atomic E-state index is 4.93. The van der Waals surface area contributed by atoms with Gasteiger partial charge in [-0.05, 0) is 86.0 Å². The molecule has 0 spiro atoms. The third-order valence-corrected chi connectivity index (χ3v) is 13.1. The van der Waals surface area contributed by atoms with Crippen molar-refractivity contribution in [3.05, 3.63) is 230 Å². The van der Waals surface area contributed by atoms with E-state index >= 15 is 0 Å². The molecule has 3 heterocycles. The normalized spacial score (nSPS) is 12.7. The predicted octanol–water partition coefficient (Wildman–Crippen LogP) is 15.3. The van der Waals surface area contributed by atoms with Crippen LogP contribution >= 0.6 is 0 Å². The molecule has 0 fully saturated rings. The molecule has 0 unspecified atom stereocenters. The summed E-state index contributed by atoms with van der Waals surface area (Å²) in [7, 11) is 0. The van der Waals surface area contributed by atoms with Crippen LogP contribution in [0.5, 0.6) is 0 Å². The van der Waals surface area contributed by atoms with Gasteiger partial charge in [-0.15, -0.1) is 0 Å². The third-order valence-electron chi connectivity index (χ3n) is 13.1. The Morgan fingerprint density at radius 3 is 1.25 bits per heavy atom. The molecule has 302 valence electrons. The van der Waals surface area contributed by atoms with Gasteiger partial charge in [0.05, 0.1) is 16.7 Å². The average Bonchev–Trinajstić information content (AvgIpc) is 3.70. The summed E-state index contributed by atoms with van der Waals surface area (Å²) in [6, 6.07) is 78.0. The minimum Gasteiger partial charge on any atom is -0.309 e. The van der Waals surface area contributed by atoms with Crippen LogP contribution in [-0.4, -0.2) is 19.5 Å². The van der Waals surface area contributed by atoms with E-state index in [1.807, 2.05) is 60.7 Å². The molecule has 64 heavy (non-hydrogen) atoms. The van der Waals surface area contributed by atoms with Crippen molar-refractivity contribution < 1.29 is 0 Å². The van der Waals surface area contributed by atoms with Crippen molar-refractivity contribution in [2.45, 2.75) is 19.3 Å². The largest absolute Gasteiger partial charge is 0.309 e. The highest BCUT2D eigenvalue weighted by molar-refractivity contribution is 6.12. The number of hydrogen-bond acceptors (Lipinski definition) is 3. The van der Waals surface area contributed by atoms with Gasteiger partial charge in [0.1, 0.15) is 0 Å². The Morgan fingerprint density at radius 2 is 0.703 bits per heavy atom. The zero-order valence-electron chi connectivity index (χ0n) is 35.6. The summed E-state index contributed by atoms with van der Waals surface area (Å²) in [6.45, 7) is 4.70. The number of aromatic nitrogens is 4. The summed E-state index contributed by atoms with van der Waals surface area (Å²) in [4.78, 5) is 14.7. The van der Waals surface area contributed by atoms with Gasteiger partial charge in [0.15, 0.2) is 17.5 Å². The fourth-order valence-electron chi connectivity index (χ4n) is 9.71. The Morgan fingerprint density at radius 1 is 0.312 bits per heavy atom. The summed E-state index contributed by atoms with van der Waals surface area (Å²) < 4.78 is 2.48. The maximum absolute atomic E-state index is 4.93. The van der Waals surface area contributed by atoms with E-state index in [1.54, 1.807) is 0 Å². The summed E-state index contributed by atoms with van der Waals surface area (Å²) in [5, 5.41) is 2.59. The molecule has 9 aromatic carbocycles. The summed E-state index contributed by atoms with van der Waals surface area (Å²) in [5.74, 6) is 1.95. The van der Waals surface area contributed by atoms with E-state index in [0.717, 1.165) is 27.8 Å². The van der Waals surface area contributed by atoms with E-state index in [9.17, 15) is 0 Å². The number of fused-ring (bicyclic) bond motifs is 5. The number of benzene rings is 9. The first-order valence-electron chi connectivity index (χ1n) is 21.9. The molecule has 12 rings (SSSR count). The van der Waals surface area contributed by atoms with Crippen LogP contribution in [-0.2, 0) is 5.41 Å². The lowest BCUT2D eigenvalue weighted by Crippen LogP contribution is -2.26. The molecular formula is C60H42N4. The molecule has 0 amide bonds. The fraction of sp³-hybridized carbons (Fsp3) is 0.0500. The van der Waals surface area contributed by atoms with Crippen LogP contribution in [0.15, 0.2) is 218 Å². The first kappa shape index (κ1) is 37.5. The number of rotatable bonds is 7. The van der Waals surface area contributed by atoms with Gasteiger partial charge in [-0.3, -0.25) is 0 Å². The minimum absolute atomic E-state index is 0.0772. The van der Waals surface area contributed by atoms with Gasteiger partial charge in [-0.1, -0.05) is 202 Å². The Balaban J connectivity index is 0.822. The topological polar surface area (TPSA) is 43.6 Å². The Hall–Kier alpha value is -8.21. The highest BCUT2D eigenvalue weighted by atomic mass is 15.0. The van der Waals surface area contributed by atoms with Crippen LogP contribution in [0, 0.1) is 0 Å². The van der Waals surface area contributed by atoms with Crippen LogP contribution in [0.1, 0.15) is 25.0 Å². The van der Waals surface area contributed by atoms with Gasteiger partial charge in [-0.25, -0.2) is 15.0 Å². The van der Waals surface area contributed by atoms with Gasteiger partial charge in [-0.2, -0.15) is 0 Å². The van der Waals surface area contributed by atoms with E-state index in [0.29, 0.717) is 17.5 Å². The molecule has 1 aliphatic rings. The lowest BCUT2D eigenvalue weighted by atomic mass is 9.75. The van der Waals surface area contributed by atoms with E-state index in [4.69, 9.17) is 15.0 Å². The van der Waals surface area contributed by atoms with Crippen molar-refractivity contribution in [3.8, 4) is 84.4 Å². The predicted molar refractivity (Wildman–Crippen MR) is 264 cm³/mol. The molecule has 2 aromatic heterocycles. The second kappa shape index (κ2) is 15.0. The Labute approximate surface area is 372 Å². The summed E-state index contributed by atoms with van der Waals surface area (Å²) in [5.41, 5.74) is 18.8. The van der Waals surface area contributed by atoms with Gasteiger partial charge >= 0.3 is 0 Å². The minimum atomic E-state index is -0.0772. The smallest absolute Gasteiger partial charge is 0.164 e. The van der Waals surface area contributed by atoms with Crippen molar-refractivity contribution in [3.63, 3.8) is 0 Å². The first-order chi connectivity index (χ1) is 31.5. The van der Waals surface area contributed by atoms with Gasteiger partial charge in [0, 0.05) is 32.9 Å². The van der Waals surface area contributed by atoms with E-state index < -0.39 is 0 Å². The summed E-state index contributed by atoms with van der Waals surface area (Å²) in [6.07, 6.45) is 0. The fourth-order valence-corrected chi connectivity index (χ4v) is 9.71. The molecular weight excluding hydrogens is 777 g/mol. The van der Waals surface area contributed by atoms with E-state index in [1.165, 1.54) is 72.0 Å². The number of nitrogens with zero attached hydrogens (tertiary/aromatic N) is 4. The van der Waals surface area contributed by atoms with E-state index in [-0.39, 0.29) is 5.41 Å². The molecule has 4 heteroatoms. The second-order valence-corrected chi connectivity index (χ2v) is 17.3. The SMILES string of the molecule is CC1(C)c2ccccc2-n2c3ccc(-c4ccc(-c5cccc(-c6cccc(-c7ccc(-c8nc(-c9ccccc9)nc(-c9ccccc9)n8)cc7)c6)c5)cc4)cc3c3cccc1c32. The highest BCUT2D eigenvalue weighted by Crippen LogP contribution is 2.48. The molecule has 4 nitrogen and oxygen atoms in total. The zero-order chi connectivity index (χ0) is 42.8. The van der Waals surface area contributed by atoms with Crippen molar-refractivity contribution in [2.24, 2.45) is 0 Å². The Bertz CT molecular complexity index is 3490. The monoisotopic (exact) mass is 818 g/mol. The second-order valence-electron chi connectivity index (χ2n) is 17.3. The molecule has 0 saturated heterocycles. The van der Waals surface area contributed by atoms with Gasteiger partial charge < -0.3 is 4.57 Å². The average molecular weight is 819 g/mol. The van der Waals surface area contributed by atoms with Crippen molar-refractivity contribution >= 4 is 21.8 Å². The van der Waals surface area contributed by atoms with Gasteiger partial charge in [0.25, 0.3) is 0 Å². The zero-order valence-corrected chi connectivity index (χ0v) is 35.6. The quantitative estimate of drug-likeness (QED) is 0.161. The molecule has 0 saturated carbocycles. The highest BCUT2D eigenvalue weighted by Gasteiger charge is 2.34. The number of hydrogen-bond donors (Lipinski definition) is 0. The van der Waals surface area contributed by atoms with Crippen molar-refractivity contribution in [1.82, 2.24) is 19.5 Å². The van der Waals surface area contributed by atoms with Crippen LogP contribution in [0.4, 0.5) is 0 Å². The molecule has 0 bridgehead atoms. The van der Waals surface area contributed by atoms with Crippen LogP contribution < -0.4 is 0 Å². The van der Waals surface area contributed by atoms with Gasteiger partial charge in [0.2, 0.25) is 0 Å². The van der Waals surface area contributed by atoms with E-state index in [2.05, 4.69) is 176 Å². The van der Waals surface area contributed by atoms with Crippen LogP contribution in [0.25, 0.3) is 106 Å². The maximum Gasteiger partial charge on any atom is 0.164 e.